The molecular formula is C31H26N2O5. The van der Waals surface area contributed by atoms with E-state index in [1.165, 1.54) is 36.5 Å². The summed E-state index contributed by atoms with van der Waals surface area (Å²) in [6.45, 7) is 0. The van der Waals surface area contributed by atoms with E-state index >= 15 is 0 Å². The van der Waals surface area contributed by atoms with E-state index in [1.807, 2.05) is 72.8 Å². The van der Waals surface area contributed by atoms with Gasteiger partial charge in [-0.05, 0) is 52.7 Å². The summed E-state index contributed by atoms with van der Waals surface area (Å²) >= 11 is 0. The smallest absolute Gasteiger partial charge is 0.340 e. The highest BCUT2D eigenvalue weighted by molar-refractivity contribution is 5.97. The topological polar surface area (TPSA) is 71.7 Å². The van der Waals surface area contributed by atoms with E-state index in [-0.39, 0.29) is 0 Å². The van der Waals surface area contributed by atoms with Crippen LogP contribution in [0.2, 0.25) is 0 Å². The Balaban J connectivity index is 1.62. The minimum Gasteiger partial charge on any atom is -0.493 e. The van der Waals surface area contributed by atoms with Crippen LogP contribution in [-0.2, 0) is 0 Å². The number of benzene rings is 4. The molecule has 0 aliphatic carbocycles. The van der Waals surface area contributed by atoms with Crippen LogP contribution in [0.15, 0.2) is 102 Å². The van der Waals surface area contributed by atoms with Gasteiger partial charge in [0.05, 0.1) is 32.7 Å². The number of hydrogen-bond donors (Lipinski definition) is 0. The van der Waals surface area contributed by atoms with Crippen molar-refractivity contribution in [3.8, 4) is 34.2 Å². The lowest BCUT2D eigenvalue weighted by Gasteiger charge is -2.12. The van der Waals surface area contributed by atoms with Crippen LogP contribution < -0.4 is 19.9 Å². The molecule has 0 saturated carbocycles. The maximum atomic E-state index is 13.6. The molecule has 1 aromatic heterocycles. The standard InChI is InChI=1S/C31H26N2O5/c1-36-27-17-21(18-28(37-2)30(27)38-3)13-16-29(34)33-26(20-32(31(33)35)25-11-5-4-6-12-25)24-15-14-22-9-7-8-10-23(22)19-24/h4-20H,1-3H3/b16-13+. The molecule has 5 rings (SSSR count). The predicted octanol–water partition coefficient (Wildman–Crippen LogP) is 5.84. The summed E-state index contributed by atoms with van der Waals surface area (Å²) in [7, 11) is 4.58. The highest BCUT2D eigenvalue weighted by Gasteiger charge is 2.19. The third-order valence-electron chi connectivity index (χ3n) is 6.30. The maximum absolute atomic E-state index is 13.6. The van der Waals surface area contributed by atoms with Gasteiger partial charge in [0.2, 0.25) is 5.75 Å². The SMILES string of the molecule is COc1cc(/C=C/C(=O)n2c(-c3ccc4ccccc4c3)cn(-c3ccccc3)c2=O)cc(OC)c1OC. The van der Waals surface area contributed by atoms with Crippen molar-refractivity contribution in [3.63, 3.8) is 0 Å². The van der Waals surface area contributed by atoms with Gasteiger partial charge in [-0.15, -0.1) is 0 Å². The molecule has 7 nitrogen and oxygen atoms in total. The molecule has 5 aromatic rings. The number of imidazole rings is 1. The molecule has 0 aliphatic rings. The van der Waals surface area contributed by atoms with E-state index in [0.29, 0.717) is 34.2 Å². The minimum absolute atomic E-state index is 0.452. The molecule has 0 fully saturated rings. The van der Waals surface area contributed by atoms with Crippen LogP contribution in [0.5, 0.6) is 17.2 Å². The van der Waals surface area contributed by atoms with Crippen molar-refractivity contribution in [2.75, 3.05) is 21.3 Å². The summed E-state index contributed by atoms with van der Waals surface area (Å²) < 4.78 is 18.9. The zero-order chi connectivity index (χ0) is 26.6. The normalized spacial score (nSPS) is 11.1. The fraction of sp³-hybridized carbons (Fsp3) is 0.0968. The van der Waals surface area contributed by atoms with Crippen molar-refractivity contribution in [2.45, 2.75) is 0 Å². The Kier molecular flexibility index (Phi) is 6.82. The molecule has 0 saturated heterocycles. The van der Waals surface area contributed by atoms with E-state index in [2.05, 4.69) is 0 Å². The second kappa shape index (κ2) is 10.5. The summed E-state index contributed by atoms with van der Waals surface area (Å²) in [5.74, 6) is 0.890. The number of hydrogen-bond acceptors (Lipinski definition) is 5. The Bertz CT molecular complexity index is 1690. The van der Waals surface area contributed by atoms with Crippen molar-refractivity contribution < 1.29 is 19.0 Å². The number of para-hydroxylation sites is 1. The Morgan fingerprint density at radius 3 is 2.08 bits per heavy atom. The number of methoxy groups -OCH3 is 3. The summed E-state index contributed by atoms with van der Waals surface area (Å²) in [6.07, 6.45) is 4.68. The molecule has 38 heavy (non-hydrogen) atoms. The molecule has 4 aromatic carbocycles. The second-order valence-corrected chi connectivity index (χ2v) is 8.53. The van der Waals surface area contributed by atoms with Crippen LogP contribution in [-0.4, -0.2) is 36.4 Å². The molecule has 7 heteroatoms. The minimum atomic E-state index is -0.485. The first kappa shape index (κ1) is 24.6. The van der Waals surface area contributed by atoms with Gasteiger partial charge in [-0.2, -0.15) is 0 Å². The molecule has 0 atom stereocenters. The van der Waals surface area contributed by atoms with Crippen molar-refractivity contribution in [1.82, 2.24) is 9.13 Å². The Morgan fingerprint density at radius 1 is 0.763 bits per heavy atom. The number of carbonyl (C=O) groups is 1. The largest absolute Gasteiger partial charge is 0.493 e. The molecule has 190 valence electrons. The molecule has 0 N–H and O–H groups in total. The number of rotatable bonds is 7. The van der Waals surface area contributed by atoms with Gasteiger partial charge in [-0.1, -0.05) is 54.6 Å². The lowest BCUT2D eigenvalue weighted by molar-refractivity contribution is 0.0967. The van der Waals surface area contributed by atoms with Gasteiger partial charge >= 0.3 is 5.69 Å². The van der Waals surface area contributed by atoms with Gasteiger partial charge in [0.1, 0.15) is 0 Å². The Morgan fingerprint density at radius 2 is 1.42 bits per heavy atom. The third kappa shape index (κ3) is 4.57. The molecule has 0 unspecified atom stereocenters. The fourth-order valence-corrected chi connectivity index (χ4v) is 4.42. The first-order chi connectivity index (χ1) is 18.5. The quantitative estimate of drug-likeness (QED) is 0.260. The second-order valence-electron chi connectivity index (χ2n) is 8.53. The van der Waals surface area contributed by atoms with Gasteiger partial charge in [0.25, 0.3) is 5.91 Å². The highest BCUT2D eigenvalue weighted by atomic mass is 16.5. The van der Waals surface area contributed by atoms with Gasteiger partial charge < -0.3 is 14.2 Å². The number of aromatic nitrogens is 2. The molecular weight excluding hydrogens is 480 g/mol. The van der Waals surface area contributed by atoms with Crippen molar-refractivity contribution in [3.05, 3.63) is 113 Å². The first-order valence-electron chi connectivity index (χ1n) is 12.0. The molecule has 0 amide bonds. The average molecular weight is 507 g/mol. The fourth-order valence-electron chi connectivity index (χ4n) is 4.42. The lowest BCUT2D eigenvalue weighted by Crippen LogP contribution is -2.27. The third-order valence-corrected chi connectivity index (χ3v) is 6.30. The zero-order valence-electron chi connectivity index (χ0n) is 21.3. The molecule has 0 aliphatic heterocycles. The van der Waals surface area contributed by atoms with E-state index < -0.39 is 11.6 Å². The van der Waals surface area contributed by atoms with Gasteiger partial charge in [-0.25, -0.2) is 9.36 Å². The number of carbonyl (C=O) groups excluding carboxylic acids is 1. The van der Waals surface area contributed by atoms with Gasteiger partial charge in [0, 0.05) is 17.8 Å². The van der Waals surface area contributed by atoms with E-state index in [4.69, 9.17) is 14.2 Å². The number of nitrogens with zero attached hydrogens (tertiary/aromatic N) is 2. The monoisotopic (exact) mass is 506 g/mol. The highest BCUT2D eigenvalue weighted by Crippen LogP contribution is 2.38. The predicted molar refractivity (Wildman–Crippen MR) is 149 cm³/mol. The Labute approximate surface area is 219 Å². The number of fused-ring (bicyclic) bond motifs is 1. The van der Waals surface area contributed by atoms with E-state index in [0.717, 1.165) is 16.3 Å². The average Bonchev–Trinajstić information content (AvgIpc) is 3.32. The van der Waals surface area contributed by atoms with Crippen LogP contribution in [0.4, 0.5) is 0 Å². The zero-order valence-corrected chi connectivity index (χ0v) is 21.3. The van der Waals surface area contributed by atoms with Crippen LogP contribution in [0, 0.1) is 0 Å². The van der Waals surface area contributed by atoms with Gasteiger partial charge in [-0.3, -0.25) is 9.36 Å². The van der Waals surface area contributed by atoms with Crippen LogP contribution in [0.3, 0.4) is 0 Å². The van der Waals surface area contributed by atoms with Crippen LogP contribution in [0.25, 0.3) is 33.8 Å². The molecule has 0 radical (unpaired) electrons. The summed E-state index contributed by atoms with van der Waals surface area (Å²) in [5.41, 5.74) is 2.10. The lowest BCUT2D eigenvalue weighted by atomic mass is 10.1. The van der Waals surface area contributed by atoms with E-state index in [9.17, 15) is 9.59 Å². The molecule has 0 spiro atoms. The molecule has 0 bridgehead atoms. The van der Waals surface area contributed by atoms with E-state index in [1.54, 1.807) is 24.4 Å². The molecule has 1 heterocycles. The Hall–Kier alpha value is -5.04. The summed E-state index contributed by atoms with van der Waals surface area (Å²) in [4.78, 5) is 27.1. The summed E-state index contributed by atoms with van der Waals surface area (Å²) in [6, 6.07) is 26.5. The number of allylic oxidation sites excluding steroid dienone is 1. The van der Waals surface area contributed by atoms with Crippen molar-refractivity contribution in [1.29, 1.82) is 0 Å². The number of ether oxygens (including phenoxy) is 3. The van der Waals surface area contributed by atoms with Crippen molar-refractivity contribution >= 4 is 22.8 Å². The first-order valence-corrected chi connectivity index (χ1v) is 12.0. The van der Waals surface area contributed by atoms with Crippen LogP contribution in [0.1, 0.15) is 10.4 Å². The van der Waals surface area contributed by atoms with Crippen LogP contribution >= 0.6 is 0 Å². The van der Waals surface area contributed by atoms with Gasteiger partial charge in [0.15, 0.2) is 11.5 Å². The maximum Gasteiger partial charge on any atom is 0.340 e. The summed E-state index contributed by atoms with van der Waals surface area (Å²) in [5, 5.41) is 2.08. The van der Waals surface area contributed by atoms with Crippen molar-refractivity contribution in [2.24, 2.45) is 0 Å².